The molecule has 2 aromatic heterocycles. The molecule has 108 valence electrons. The third-order valence-electron chi connectivity index (χ3n) is 2.50. The zero-order valence-electron chi connectivity index (χ0n) is 10.4. The Morgan fingerprint density at radius 1 is 1.55 bits per heavy atom. The van der Waals surface area contributed by atoms with Gasteiger partial charge in [0.05, 0.1) is 10.5 Å². The van der Waals surface area contributed by atoms with Crippen molar-refractivity contribution in [2.24, 2.45) is 7.05 Å². The van der Waals surface area contributed by atoms with Gasteiger partial charge in [-0.25, -0.2) is 13.2 Å². The van der Waals surface area contributed by atoms with E-state index in [1.54, 1.807) is 6.92 Å². The summed E-state index contributed by atoms with van der Waals surface area (Å²) in [5, 5.41) is 12.7. The minimum Gasteiger partial charge on any atom is -0.477 e. The molecule has 0 aliphatic rings. The zero-order chi connectivity index (χ0) is 15.1. The van der Waals surface area contributed by atoms with E-state index in [0.717, 1.165) is 22.2 Å². The predicted molar refractivity (Wildman–Crippen MR) is 75.0 cm³/mol. The summed E-state index contributed by atoms with van der Waals surface area (Å²) in [7, 11) is -2.46. The number of anilines is 1. The van der Waals surface area contributed by atoms with Crippen molar-refractivity contribution in [2.75, 3.05) is 4.72 Å². The van der Waals surface area contributed by atoms with E-state index in [-0.39, 0.29) is 15.6 Å². The third kappa shape index (κ3) is 2.65. The predicted octanol–water partition coefficient (Wildman–Crippen LogP) is 1.94. The number of aromatic carboxylic acids is 1. The summed E-state index contributed by atoms with van der Waals surface area (Å²) in [6.45, 7) is 1.69. The minimum atomic E-state index is -3.90. The molecule has 0 aromatic carbocycles. The van der Waals surface area contributed by atoms with Crippen LogP contribution in [0.15, 0.2) is 16.5 Å². The molecular weight excluding hydrogens is 326 g/mol. The van der Waals surface area contributed by atoms with E-state index < -0.39 is 16.0 Å². The molecule has 0 radical (unpaired) electrons. The molecule has 2 rings (SSSR count). The van der Waals surface area contributed by atoms with Crippen LogP contribution in [0.2, 0.25) is 4.34 Å². The number of sulfonamides is 1. The largest absolute Gasteiger partial charge is 0.477 e. The second-order valence-electron chi connectivity index (χ2n) is 3.96. The van der Waals surface area contributed by atoms with Gasteiger partial charge in [-0.3, -0.25) is 9.40 Å². The van der Waals surface area contributed by atoms with Crippen molar-refractivity contribution < 1.29 is 18.3 Å². The molecule has 2 N–H and O–H groups in total. The summed E-state index contributed by atoms with van der Waals surface area (Å²) >= 11 is 6.75. The second-order valence-corrected chi connectivity index (χ2v) is 7.53. The topological polar surface area (TPSA) is 101 Å². The lowest BCUT2D eigenvalue weighted by molar-refractivity contribution is 0.0698. The van der Waals surface area contributed by atoms with E-state index >= 15 is 0 Å². The van der Waals surface area contributed by atoms with E-state index in [1.807, 2.05) is 0 Å². The van der Waals surface area contributed by atoms with Gasteiger partial charge in [-0.05, 0) is 18.6 Å². The first kappa shape index (κ1) is 14.8. The van der Waals surface area contributed by atoms with Crippen LogP contribution in [0.4, 0.5) is 5.82 Å². The van der Waals surface area contributed by atoms with Crippen LogP contribution in [0.1, 0.15) is 15.9 Å². The van der Waals surface area contributed by atoms with Gasteiger partial charge < -0.3 is 5.11 Å². The standard InChI is InChI=1S/C10H10ClN3O4S2/c1-5-3-7(19-8(5)11)20(17,18)13-9-6(10(15)16)4-12-14(9)2/h3-4,13H,1-2H3,(H,15,16). The van der Waals surface area contributed by atoms with Crippen molar-refractivity contribution in [3.63, 3.8) is 0 Å². The van der Waals surface area contributed by atoms with Gasteiger partial charge in [0.25, 0.3) is 10.0 Å². The quantitative estimate of drug-likeness (QED) is 0.889. The van der Waals surface area contributed by atoms with E-state index in [9.17, 15) is 13.2 Å². The van der Waals surface area contributed by atoms with E-state index in [1.165, 1.54) is 13.1 Å². The molecular formula is C10H10ClN3O4S2. The highest BCUT2D eigenvalue weighted by atomic mass is 35.5. The van der Waals surface area contributed by atoms with Gasteiger partial charge in [-0.15, -0.1) is 11.3 Å². The molecule has 0 unspecified atom stereocenters. The maximum atomic E-state index is 12.2. The summed E-state index contributed by atoms with van der Waals surface area (Å²) in [6, 6.07) is 1.42. The Morgan fingerprint density at radius 2 is 2.20 bits per heavy atom. The Balaban J connectivity index is 2.43. The molecule has 0 bridgehead atoms. The van der Waals surface area contributed by atoms with Crippen LogP contribution in [0.5, 0.6) is 0 Å². The fourth-order valence-electron chi connectivity index (χ4n) is 1.46. The normalized spacial score (nSPS) is 11.6. The fourth-order valence-corrected chi connectivity index (χ4v) is 4.27. The van der Waals surface area contributed by atoms with E-state index in [4.69, 9.17) is 16.7 Å². The lowest BCUT2D eigenvalue weighted by atomic mass is 10.3. The maximum Gasteiger partial charge on any atom is 0.341 e. The van der Waals surface area contributed by atoms with Crippen molar-refractivity contribution in [3.8, 4) is 0 Å². The number of nitrogens with zero attached hydrogens (tertiary/aromatic N) is 2. The van der Waals surface area contributed by atoms with Crippen molar-refractivity contribution in [1.29, 1.82) is 0 Å². The molecule has 0 saturated heterocycles. The monoisotopic (exact) mass is 335 g/mol. The Hall–Kier alpha value is -1.58. The third-order valence-corrected chi connectivity index (χ3v) is 5.87. The van der Waals surface area contributed by atoms with Crippen LogP contribution in [0.25, 0.3) is 0 Å². The first-order valence-corrected chi connectivity index (χ1v) is 7.94. The van der Waals surface area contributed by atoms with Gasteiger partial charge in [-0.1, -0.05) is 11.6 Å². The summed E-state index contributed by atoms with van der Waals surface area (Å²) in [4.78, 5) is 11.0. The zero-order valence-corrected chi connectivity index (χ0v) is 12.8. The Bertz CT molecular complexity index is 759. The van der Waals surface area contributed by atoms with Crippen molar-refractivity contribution >= 4 is 44.7 Å². The molecule has 0 aliphatic heterocycles. The van der Waals surface area contributed by atoms with Crippen molar-refractivity contribution in [1.82, 2.24) is 9.78 Å². The van der Waals surface area contributed by atoms with Gasteiger partial charge in [-0.2, -0.15) is 5.10 Å². The van der Waals surface area contributed by atoms with Crippen molar-refractivity contribution in [2.45, 2.75) is 11.1 Å². The van der Waals surface area contributed by atoms with Crippen molar-refractivity contribution in [3.05, 3.63) is 27.7 Å². The second kappa shape index (κ2) is 5.08. The van der Waals surface area contributed by atoms with Crippen LogP contribution < -0.4 is 4.72 Å². The number of thiophene rings is 1. The maximum absolute atomic E-state index is 12.2. The number of aryl methyl sites for hydroxylation is 2. The molecule has 0 saturated carbocycles. The van der Waals surface area contributed by atoms with Gasteiger partial charge >= 0.3 is 5.97 Å². The molecule has 0 amide bonds. The Morgan fingerprint density at radius 3 is 2.70 bits per heavy atom. The fraction of sp³-hybridized carbons (Fsp3) is 0.200. The summed E-state index contributed by atoms with van der Waals surface area (Å²) < 4.78 is 28.1. The van der Waals surface area contributed by atoms with E-state index in [2.05, 4.69) is 9.82 Å². The SMILES string of the molecule is Cc1cc(S(=O)(=O)Nc2c(C(=O)O)cnn2C)sc1Cl. The number of carbonyl (C=O) groups is 1. The number of rotatable bonds is 4. The number of aromatic nitrogens is 2. The molecule has 2 aromatic rings. The number of hydrogen-bond acceptors (Lipinski definition) is 5. The summed E-state index contributed by atoms with van der Waals surface area (Å²) in [5.74, 6) is -1.38. The highest BCUT2D eigenvalue weighted by Crippen LogP contribution is 2.31. The first-order chi connectivity index (χ1) is 9.22. The molecule has 0 fully saturated rings. The van der Waals surface area contributed by atoms with Gasteiger partial charge in [0.1, 0.15) is 9.77 Å². The highest BCUT2D eigenvalue weighted by molar-refractivity contribution is 7.94. The van der Waals surface area contributed by atoms with Crippen LogP contribution in [0.3, 0.4) is 0 Å². The molecule has 0 aliphatic carbocycles. The number of carboxylic acid groups (broad SMARTS) is 1. The molecule has 0 atom stereocenters. The Labute approximate surface area is 123 Å². The van der Waals surface area contributed by atoms with Gasteiger partial charge in [0.15, 0.2) is 5.82 Å². The number of hydrogen-bond donors (Lipinski definition) is 2. The smallest absolute Gasteiger partial charge is 0.341 e. The van der Waals surface area contributed by atoms with Crippen LogP contribution in [0, 0.1) is 6.92 Å². The molecule has 0 spiro atoms. The van der Waals surface area contributed by atoms with Crippen LogP contribution in [-0.2, 0) is 17.1 Å². The number of carboxylic acids is 1. The molecule has 7 nitrogen and oxygen atoms in total. The lowest BCUT2D eigenvalue weighted by Crippen LogP contribution is -2.16. The summed E-state index contributed by atoms with van der Waals surface area (Å²) in [6.07, 6.45) is 1.08. The number of halogens is 1. The average Bonchev–Trinajstić information content (AvgIpc) is 2.85. The molecule has 20 heavy (non-hydrogen) atoms. The van der Waals surface area contributed by atoms with Gasteiger partial charge in [0, 0.05) is 7.05 Å². The first-order valence-electron chi connectivity index (χ1n) is 5.26. The molecule has 10 heteroatoms. The lowest BCUT2D eigenvalue weighted by Gasteiger charge is -2.07. The average molecular weight is 336 g/mol. The Kier molecular flexibility index (Phi) is 3.76. The van der Waals surface area contributed by atoms with Crippen LogP contribution in [-0.4, -0.2) is 29.3 Å². The minimum absolute atomic E-state index is 0.0116. The highest BCUT2D eigenvalue weighted by Gasteiger charge is 2.24. The number of nitrogens with one attached hydrogen (secondary N) is 1. The summed E-state index contributed by atoms with van der Waals surface area (Å²) in [5.41, 5.74) is 0.413. The molecule has 2 heterocycles. The van der Waals surface area contributed by atoms with Gasteiger partial charge in [0.2, 0.25) is 0 Å². The van der Waals surface area contributed by atoms with E-state index in [0.29, 0.717) is 9.90 Å². The van der Waals surface area contributed by atoms with Crippen LogP contribution >= 0.6 is 22.9 Å².